The summed E-state index contributed by atoms with van der Waals surface area (Å²) in [5, 5.41) is 2.92. The Morgan fingerprint density at radius 1 is 1.36 bits per heavy atom. The minimum atomic E-state index is -3.30. The summed E-state index contributed by atoms with van der Waals surface area (Å²) in [6, 6.07) is 7.67. The van der Waals surface area contributed by atoms with Gasteiger partial charge < -0.3 is 9.64 Å². The van der Waals surface area contributed by atoms with Gasteiger partial charge in [0, 0.05) is 30.7 Å². The number of methoxy groups -OCH3 is 1. The molecule has 0 aliphatic carbocycles. The summed E-state index contributed by atoms with van der Waals surface area (Å²) < 4.78 is 32.5. The Labute approximate surface area is 152 Å². The van der Waals surface area contributed by atoms with Crippen LogP contribution < -0.4 is 14.4 Å². The van der Waals surface area contributed by atoms with Gasteiger partial charge in [0.05, 0.1) is 12.9 Å². The summed E-state index contributed by atoms with van der Waals surface area (Å²) in [5.41, 5.74) is 0.983. The molecule has 1 saturated heterocycles. The Bertz CT molecular complexity index is 761. The summed E-state index contributed by atoms with van der Waals surface area (Å²) in [7, 11) is -1.69. The number of hydrogen-bond donors (Lipinski definition) is 1. The van der Waals surface area contributed by atoms with E-state index < -0.39 is 10.0 Å². The van der Waals surface area contributed by atoms with Crippen molar-refractivity contribution in [2.24, 2.45) is 0 Å². The van der Waals surface area contributed by atoms with Gasteiger partial charge in [-0.3, -0.25) is 0 Å². The molecule has 136 valence electrons. The second kappa shape index (κ2) is 8.16. The van der Waals surface area contributed by atoms with Gasteiger partial charge in [0.25, 0.3) is 0 Å². The van der Waals surface area contributed by atoms with Gasteiger partial charge in [0.2, 0.25) is 10.0 Å². The van der Waals surface area contributed by atoms with Crippen LogP contribution in [0.25, 0.3) is 0 Å². The lowest BCUT2D eigenvalue weighted by Gasteiger charge is -2.24. The highest BCUT2D eigenvalue weighted by atomic mass is 32.2. The highest BCUT2D eigenvalue weighted by Crippen LogP contribution is 2.26. The van der Waals surface area contributed by atoms with E-state index in [2.05, 4.69) is 14.6 Å². The van der Waals surface area contributed by atoms with E-state index >= 15 is 0 Å². The Morgan fingerprint density at radius 2 is 2.16 bits per heavy atom. The molecule has 0 bridgehead atoms. The van der Waals surface area contributed by atoms with Crippen LogP contribution >= 0.6 is 11.3 Å². The minimum Gasteiger partial charge on any atom is -0.497 e. The number of rotatable bonds is 8. The van der Waals surface area contributed by atoms with Gasteiger partial charge in [-0.05, 0) is 37.0 Å². The summed E-state index contributed by atoms with van der Waals surface area (Å²) in [5.74, 6) is 0.858. The predicted octanol–water partition coefficient (Wildman–Crippen LogP) is 2.28. The Morgan fingerprint density at radius 3 is 2.84 bits per heavy atom. The first-order valence-electron chi connectivity index (χ1n) is 8.34. The van der Waals surface area contributed by atoms with Crippen molar-refractivity contribution in [3.8, 4) is 5.75 Å². The lowest BCUT2D eigenvalue weighted by atomic mass is 10.2. The van der Waals surface area contributed by atoms with Gasteiger partial charge >= 0.3 is 0 Å². The maximum atomic E-state index is 12.3. The van der Waals surface area contributed by atoms with Crippen LogP contribution in [0.5, 0.6) is 5.75 Å². The van der Waals surface area contributed by atoms with Crippen molar-refractivity contribution in [2.45, 2.75) is 25.3 Å². The number of thiazole rings is 1. The van der Waals surface area contributed by atoms with E-state index in [-0.39, 0.29) is 11.8 Å². The first-order valence-corrected chi connectivity index (χ1v) is 10.9. The van der Waals surface area contributed by atoms with Crippen LogP contribution in [-0.4, -0.2) is 45.4 Å². The van der Waals surface area contributed by atoms with E-state index in [1.54, 1.807) is 24.6 Å². The normalized spacial score (nSPS) is 17.8. The zero-order chi connectivity index (χ0) is 17.7. The number of aromatic nitrogens is 1. The van der Waals surface area contributed by atoms with Gasteiger partial charge in [-0.25, -0.2) is 18.1 Å². The summed E-state index contributed by atoms with van der Waals surface area (Å²) in [4.78, 5) is 6.55. The molecule has 1 aliphatic heterocycles. The second-order valence-corrected chi connectivity index (χ2v) is 8.87. The van der Waals surface area contributed by atoms with Gasteiger partial charge in [0.15, 0.2) is 5.13 Å². The minimum absolute atomic E-state index is 0.0866. The van der Waals surface area contributed by atoms with Crippen molar-refractivity contribution in [3.63, 3.8) is 0 Å². The molecule has 1 aliphatic rings. The second-order valence-electron chi connectivity index (χ2n) is 6.07. The Balaban J connectivity index is 1.51. The monoisotopic (exact) mass is 381 g/mol. The van der Waals surface area contributed by atoms with Gasteiger partial charge in [-0.2, -0.15) is 0 Å². The zero-order valence-corrected chi connectivity index (χ0v) is 15.9. The molecule has 2 aromatic rings. The van der Waals surface area contributed by atoms with Crippen molar-refractivity contribution >= 4 is 26.5 Å². The predicted molar refractivity (Wildman–Crippen MR) is 101 cm³/mol. The number of anilines is 1. The standard InChI is InChI=1S/C17H23N3O3S2/c1-23-16-6-4-14(5-7-16)8-12-25(21,22)19-13-15-3-2-10-20(15)17-18-9-11-24-17/h4-7,9,11,15,19H,2-3,8,10,12-13H2,1H3. The van der Waals surface area contributed by atoms with Crippen LogP contribution in [0.3, 0.4) is 0 Å². The summed E-state index contributed by atoms with van der Waals surface area (Å²) in [6.07, 6.45) is 4.33. The Hall–Kier alpha value is -1.64. The molecular weight excluding hydrogens is 358 g/mol. The van der Waals surface area contributed by atoms with E-state index in [4.69, 9.17) is 4.74 Å². The summed E-state index contributed by atoms with van der Waals surface area (Å²) in [6.45, 7) is 1.37. The van der Waals surface area contributed by atoms with Crippen molar-refractivity contribution in [3.05, 3.63) is 41.4 Å². The number of hydrogen-bond acceptors (Lipinski definition) is 6. The zero-order valence-electron chi connectivity index (χ0n) is 14.2. The molecule has 6 nitrogen and oxygen atoms in total. The van der Waals surface area contributed by atoms with Crippen LogP contribution in [0.15, 0.2) is 35.8 Å². The molecule has 1 aromatic heterocycles. The average molecular weight is 382 g/mol. The first kappa shape index (κ1) is 18.2. The quantitative estimate of drug-likeness (QED) is 0.760. The van der Waals surface area contributed by atoms with Crippen LogP contribution in [0.4, 0.5) is 5.13 Å². The molecule has 2 heterocycles. The maximum absolute atomic E-state index is 12.3. The number of benzene rings is 1. The highest BCUT2D eigenvalue weighted by Gasteiger charge is 2.27. The highest BCUT2D eigenvalue weighted by molar-refractivity contribution is 7.89. The van der Waals surface area contributed by atoms with Gasteiger partial charge in [-0.1, -0.05) is 12.1 Å². The average Bonchev–Trinajstić information content (AvgIpc) is 3.29. The van der Waals surface area contributed by atoms with E-state index in [1.807, 2.05) is 29.6 Å². The van der Waals surface area contributed by atoms with E-state index in [9.17, 15) is 8.42 Å². The molecule has 0 saturated carbocycles. The van der Waals surface area contributed by atoms with Crippen molar-refractivity contribution in [1.29, 1.82) is 0 Å². The van der Waals surface area contributed by atoms with Crippen molar-refractivity contribution in [2.75, 3.05) is 30.9 Å². The number of aryl methyl sites for hydroxylation is 1. The maximum Gasteiger partial charge on any atom is 0.211 e. The molecule has 25 heavy (non-hydrogen) atoms. The smallest absolute Gasteiger partial charge is 0.211 e. The molecule has 8 heteroatoms. The molecule has 1 aromatic carbocycles. The molecule has 0 radical (unpaired) electrons. The molecule has 1 unspecified atom stereocenters. The number of ether oxygens (including phenoxy) is 1. The number of nitrogens with one attached hydrogen (secondary N) is 1. The van der Waals surface area contributed by atoms with E-state index in [0.29, 0.717) is 13.0 Å². The third kappa shape index (κ3) is 4.93. The molecule has 3 rings (SSSR count). The molecule has 1 atom stereocenters. The van der Waals surface area contributed by atoms with Crippen molar-refractivity contribution in [1.82, 2.24) is 9.71 Å². The van der Waals surface area contributed by atoms with Crippen LogP contribution in [0.2, 0.25) is 0 Å². The lowest BCUT2D eigenvalue weighted by Crippen LogP contribution is -2.41. The van der Waals surface area contributed by atoms with Gasteiger partial charge in [-0.15, -0.1) is 11.3 Å². The van der Waals surface area contributed by atoms with E-state index in [1.165, 1.54) is 0 Å². The fraction of sp³-hybridized carbons (Fsp3) is 0.471. The SMILES string of the molecule is COc1ccc(CCS(=O)(=O)NCC2CCCN2c2nccs2)cc1. The van der Waals surface area contributed by atoms with E-state index in [0.717, 1.165) is 35.8 Å². The summed E-state index contributed by atoms with van der Waals surface area (Å²) >= 11 is 1.60. The Kier molecular flexibility index (Phi) is 5.93. The topological polar surface area (TPSA) is 71.5 Å². The van der Waals surface area contributed by atoms with Crippen LogP contribution in [-0.2, 0) is 16.4 Å². The van der Waals surface area contributed by atoms with Crippen molar-refractivity contribution < 1.29 is 13.2 Å². The fourth-order valence-corrected chi connectivity index (χ4v) is 4.83. The molecule has 1 fully saturated rings. The molecule has 0 spiro atoms. The van der Waals surface area contributed by atoms with Crippen LogP contribution in [0, 0.1) is 0 Å². The van der Waals surface area contributed by atoms with Crippen LogP contribution in [0.1, 0.15) is 18.4 Å². The largest absolute Gasteiger partial charge is 0.497 e. The lowest BCUT2D eigenvalue weighted by molar-refractivity contribution is 0.414. The number of nitrogens with zero attached hydrogens (tertiary/aromatic N) is 2. The number of sulfonamides is 1. The third-order valence-corrected chi connectivity index (χ3v) is 6.56. The molecular formula is C17H23N3O3S2. The first-order chi connectivity index (χ1) is 12.1. The fourth-order valence-electron chi connectivity index (χ4n) is 3.00. The third-order valence-electron chi connectivity index (χ3n) is 4.40. The molecule has 0 amide bonds. The molecule has 1 N–H and O–H groups in total. The van der Waals surface area contributed by atoms with Gasteiger partial charge in [0.1, 0.15) is 5.75 Å².